The first-order valence-corrected chi connectivity index (χ1v) is 7.19. The first-order chi connectivity index (χ1) is 9.69. The van der Waals surface area contributed by atoms with Gasteiger partial charge in [-0.05, 0) is 43.3 Å². The number of nitrogens with zero attached hydrogens (tertiary/aromatic N) is 1. The minimum Gasteiger partial charge on any atom is -0.468 e. The Labute approximate surface area is 121 Å². The fraction of sp³-hybridized carbons (Fsp3) is 0.200. The van der Waals surface area contributed by atoms with Crippen molar-refractivity contribution in [3.05, 3.63) is 54.0 Å². The Morgan fingerprint density at radius 1 is 1.40 bits per heavy atom. The van der Waals surface area contributed by atoms with Crippen molar-refractivity contribution in [3.63, 3.8) is 0 Å². The number of benzene rings is 1. The molecule has 1 aromatic heterocycles. The van der Waals surface area contributed by atoms with Crippen LogP contribution in [0.15, 0.2) is 47.1 Å². The van der Waals surface area contributed by atoms with Crippen molar-refractivity contribution in [2.75, 3.05) is 5.32 Å². The number of rotatable bonds is 5. The molecule has 2 rings (SSSR count). The molecule has 20 heavy (non-hydrogen) atoms. The minimum absolute atomic E-state index is 0.0636. The summed E-state index contributed by atoms with van der Waals surface area (Å²) in [7, 11) is 0. The molecule has 0 aliphatic heterocycles. The van der Waals surface area contributed by atoms with Crippen molar-refractivity contribution >= 4 is 23.4 Å². The van der Waals surface area contributed by atoms with E-state index in [1.165, 1.54) is 11.8 Å². The molecule has 5 heteroatoms. The molecule has 1 atom stereocenters. The Balaban J connectivity index is 1.85. The van der Waals surface area contributed by atoms with Gasteiger partial charge >= 0.3 is 0 Å². The topological polar surface area (TPSA) is 66.0 Å². The SMILES string of the molecule is CC(SCc1ccco1)C(=O)Nc1ccc(C#N)cc1. The largest absolute Gasteiger partial charge is 0.468 e. The van der Waals surface area contributed by atoms with E-state index in [1.54, 1.807) is 30.5 Å². The highest BCUT2D eigenvalue weighted by Crippen LogP contribution is 2.19. The summed E-state index contributed by atoms with van der Waals surface area (Å²) in [6.45, 7) is 1.85. The number of carbonyl (C=O) groups excluding carboxylic acids is 1. The van der Waals surface area contributed by atoms with Crippen molar-refractivity contribution in [1.82, 2.24) is 0 Å². The van der Waals surface area contributed by atoms with Crippen molar-refractivity contribution in [3.8, 4) is 6.07 Å². The van der Waals surface area contributed by atoms with Gasteiger partial charge in [0.05, 0.1) is 28.9 Å². The Morgan fingerprint density at radius 2 is 2.15 bits per heavy atom. The van der Waals surface area contributed by atoms with Crippen LogP contribution in [0.4, 0.5) is 5.69 Å². The number of amides is 1. The van der Waals surface area contributed by atoms with E-state index in [4.69, 9.17) is 9.68 Å². The normalized spacial score (nSPS) is 11.6. The average molecular weight is 286 g/mol. The molecular formula is C15H14N2O2S. The predicted molar refractivity (Wildman–Crippen MR) is 79.3 cm³/mol. The molecule has 1 unspecified atom stereocenters. The summed E-state index contributed by atoms with van der Waals surface area (Å²) in [5.74, 6) is 1.45. The minimum atomic E-state index is -0.184. The number of hydrogen-bond acceptors (Lipinski definition) is 4. The van der Waals surface area contributed by atoms with E-state index < -0.39 is 0 Å². The summed E-state index contributed by atoms with van der Waals surface area (Å²) in [4.78, 5) is 12.0. The molecule has 2 aromatic rings. The molecule has 1 N–H and O–H groups in total. The van der Waals surface area contributed by atoms with E-state index in [9.17, 15) is 4.79 Å². The van der Waals surface area contributed by atoms with Gasteiger partial charge in [-0.3, -0.25) is 4.79 Å². The summed E-state index contributed by atoms with van der Waals surface area (Å²) < 4.78 is 5.22. The second-order valence-corrected chi connectivity index (χ2v) is 5.54. The molecule has 102 valence electrons. The number of carbonyl (C=O) groups is 1. The molecule has 0 fully saturated rings. The quantitative estimate of drug-likeness (QED) is 0.914. The first-order valence-electron chi connectivity index (χ1n) is 6.14. The van der Waals surface area contributed by atoms with Gasteiger partial charge in [0.2, 0.25) is 5.91 Å². The van der Waals surface area contributed by atoms with Gasteiger partial charge in [0.1, 0.15) is 5.76 Å². The fourth-order valence-electron chi connectivity index (χ4n) is 1.55. The Morgan fingerprint density at radius 3 is 2.75 bits per heavy atom. The van der Waals surface area contributed by atoms with E-state index in [0.717, 1.165) is 5.76 Å². The molecule has 0 aliphatic carbocycles. The number of anilines is 1. The van der Waals surface area contributed by atoms with Crippen molar-refractivity contribution in [2.45, 2.75) is 17.9 Å². The van der Waals surface area contributed by atoms with E-state index in [2.05, 4.69) is 5.32 Å². The van der Waals surface area contributed by atoms with E-state index in [1.807, 2.05) is 25.1 Å². The summed E-state index contributed by atoms with van der Waals surface area (Å²) in [6, 6.07) is 12.6. The first kappa shape index (κ1) is 14.2. The van der Waals surface area contributed by atoms with Crippen molar-refractivity contribution < 1.29 is 9.21 Å². The zero-order valence-electron chi connectivity index (χ0n) is 11.0. The van der Waals surface area contributed by atoms with Gasteiger partial charge < -0.3 is 9.73 Å². The van der Waals surface area contributed by atoms with Crippen LogP contribution in [0, 0.1) is 11.3 Å². The molecule has 0 saturated carbocycles. The van der Waals surface area contributed by atoms with Crippen molar-refractivity contribution in [1.29, 1.82) is 5.26 Å². The molecule has 1 aromatic carbocycles. The fourth-order valence-corrected chi connectivity index (χ4v) is 2.34. The Hall–Kier alpha value is -2.19. The monoisotopic (exact) mass is 286 g/mol. The van der Waals surface area contributed by atoms with Gasteiger partial charge in [-0.2, -0.15) is 5.26 Å². The van der Waals surface area contributed by atoms with Crippen LogP contribution in [0.3, 0.4) is 0 Å². The number of nitrogens with one attached hydrogen (secondary N) is 1. The summed E-state index contributed by atoms with van der Waals surface area (Å²) >= 11 is 1.51. The summed E-state index contributed by atoms with van der Waals surface area (Å²) in [5.41, 5.74) is 1.27. The maximum absolute atomic E-state index is 12.0. The highest BCUT2D eigenvalue weighted by atomic mass is 32.2. The number of furan rings is 1. The van der Waals surface area contributed by atoms with E-state index in [-0.39, 0.29) is 11.2 Å². The second kappa shape index (κ2) is 6.83. The zero-order chi connectivity index (χ0) is 14.4. The number of nitriles is 1. The molecule has 0 aliphatic rings. The van der Waals surface area contributed by atoms with Crippen LogP contribution in [-0.4, -0.2) is 11.2 Å². The van der Waals surface area contributed by atoms with Gasteiger partial charge in [0, 0.05) is 5.69 Å². The smallest absolute Gasteiger partial charge is 0.237 e. The Kier molecular flexibility index (Phi) is 4.85. The van der Waals surface area contributed by atoms with Gasteiger partial charge in [-0.25, -0.2) is 0 Å². The van der Waals surface area contributed by atoms with Crippen molar-refractivity contribution in [2.24, 2.45) is 0 Å². The summed E-state index contributed by atoms with van der Waals surface area (Å²) in [6.07, 6.45) is 1.62. The van der Waals surface area contributed by atoms with Crippen LogP contribution in [0.5, 0.6) is 0 Å². The number of thioether (sulfide) groups is 1. The maximum Gasteiger partial charge on any atom is 0.237 e. The standard InChI is InChI=1S/C15H14N2O2S/c1-11(20-10-14-3-2-8-19-14)15(18)17-13-6-4-12(9-16)5-7-13/h2-8,11H,10H2,1H3,(H,17,18). The molecular weight excluding hydrogens is 272 g/mol. The van der Waals surface area contributed by atoms with Gasteiger partial charge in [0.25, 0.3) is 0 Å². The third kappa shape index (κ3) is 3.90. The lowest BCUT2D eigenvalue weighted by atomic mass is 10.2. The molecule has 0 saturated heterocycles. The second-order valence-electron chi connectivity index (χ2n) is 4.21. The highest BCUT2D eigenvalue weighted by Gasteiger charge is 2.14. The van der Waals surface area contributed by atoms with E-state index in [0.29, 0.717) is 17.0 Å². The summed E-state index contributed by atoms with van der Waals surface area (Å²) in [5, 5.41) is 11.3. The van der Waals surface area contributed by atoms with Gasteiger partial charge in [0.15, 0.2) is 0 Å². The van der Waals surface area contributed by atoms with Gasteiger partial charge in [-0.15, -0.1) is 11.8 Å². The van der Waals surface area contributed by atoms with Gasteiger partial charge in [-0.1, -0.05) is 0 Å². The molecule has 0 bridgehead atoms. The lowest BCUT2D eigenvalue weighted by molar-refractivity contribution is -0.115. The third-order valence-electron chi connectivity index (χ3n) is 2.71. The van der Waals surface area contributed by atoms with Crippen LogP contribution >= 0.6 is 11.8 Å². The van der Waals surface area contributed by atoms with Crippen LogP contribution in [0.25, 0.3) is 0 Å². The van der Waals surface area contributed by atoms with Crippen LogP contribution in [0.2, 0.25) is 0 Å². The van der Waals surface area contributed by atoms with Crippen LogP contribution < -0.4 is 5.32 Å². The molecule has 0 spiro atoms. The zero-order valence-corrected chi connectivity index (χ0v) is 11.8. The third-order valence-corrected chi connectivity index (χ3v) is 3.87. The molecule has 1 amide bonds. The average Bonchev–Trinajstić information content (AvgIpc) is 2.98. The Bertz CT molecular complexity index is 600. The molecule has 4 nitrogen and oxygen atoms in total. The van der Waals surface area contributed by atoms with E-state index >= 15 is 0 Å². The molecule has 0 radical (unpaired) electrons. The predicted octanol–water partition coefficient (Wildman–Crippen LogP) is 3.41. The van der Waals surface area contributed by atoms with Crippen LogP contribution in [0.1, 0.15) is 18.2 Å². The molecule has 1 heterocycles. The maximum atomic E-state index is 12.0. The van der Waals surface area contributed by atoms with Crippen LogP contribution in [-0.2, 0) is 10.5 Å². The lowest BCUT2D eigenvalue weighted by Crippen LogP contribution is -2.22. The number of hydrogen-bond donors (Lipinski definition) is 1. The highest BCUT2D eigenvalue weighted by molar-refractivity contribution is 7.99. The lowest BCUT2D eigenvalue weighted by Gasteiger charge is -2.11.